The second-order valence-electron chi connectivity index (χ2n) is 5.17. The molecule has 0 saturated heterocycles. The molecule has 4 rings (SSSR count). The van der Waals surface area contributed by atoms with Gasteiger partial charge in [0.1, 0.15) is 6.61 Å². The van der Waals surface area contributed by atoms with Crippen LogP contribution in [0.25, 0.3) is 10.9 Å². The molecule has 4 nitrogen and oxygen atoms in total. The van der Waals surface area contributed by atoms with Gasteiger partial charge in [-0.25, -0.2) is 0 Å². The first kappa shape index (κ1) is 11.2. The fourth-order valence-electron chi connectivity index (χ4n) is 3.41. The van der Waals surface area contributed by atoms with Gasteiger partial charge in [-0.05, 0) is 30.7 Å². The summed E-state index contributed by atoms with van der Waals surface area (Å²) in [6, 6.07) is 4.22. The van der Waals surface area contributed by atoms with E-state index in [0.29, 0.717) is 0 Å². The van der Waals surface area contributed by atoms with E-state index in [-0.39, 0.29) is 0 Å². The first-order chi connectivity index (χ1) is 9.40. The van der Waals surface area contributed by atoms with Gasteiger partial charge in [-0.15, -0.1) is 0 Å². The molecule has 0 aliphatic carbocycles. The third kappa shape index (κ3) is 1.49. The molecular formula is C15H18N2O2. The topological polar surface area (TPSA) is 35.4 Å². The predicted molar refractivity (Wildman–Crippen MR) is 74.3 cm³/mol. The van der Waals surface area contributed by atoms with E-state index < -0.39 is 0 Å². The predicted octanol–water partition coefficient (Wildman–Crippen LogP) is 1.73. The van der Waals surface area contributed by atoms with Crippen LogP contribution in [0.2, 0.25) is 0 Å². The molecule has 0 saturated carbocycles. The van der Waals surface area contributed by atoms with Crippen molar-refractivity contribution in [3.8, 4) is 11.5 Å². The smallest absolute Gasteiger partial charge is 0.185 e. The Kier molecular flexibility index (Phi) is 2.45. The Bertz CT molecular complexity index is 645. The molecule has 0 unspecified atom stereocenters. The second kappa shape index (κ2) is 4.17. The monoisotopic (exact) mass is 258 g/mol. The molecule has 0 spiro atoms. The largest absolute Gasteiger partial charge is 0.493 e. The van der Waals surface area contributed by atoms with Gasteiger partial charge < -0.3 is 19.4 Å². The SMILES string of the molecule is COc1ccc2c3c(n4c2c1OCC4)CCNCC3. The lowest BCUT2D eigenvalue weighted by Gasteiger charge is -2.20. The number of benzene rings is 1. The lowest BCUT2D eigenvalue weighted by atomic mass is 10.1. The van der Waals surface area contributed by atoms with Crippen molar-refractivity contribution in [2.45, 2.75) is 19.4 Å². The van der Waals surface area contributed by atoms with Crippen molar-refractivity contribution < 1.29 is 9.47 Å². The normalized spacial score (nSPS) is 17.7. The zero-order valence-corrected chi connectivity index (χ0v) is 11.2. The molecule has 2 aromatic rings. The molecule has 0 fully saturated rings. The van der Waals surface area contributed by atoms with Gasteiger partial charge in [0.05, 0.1) is 19.2 Å². The summed E-state index contributed by atoms with van der Waals surface area (Å²) in [7, 11) is 1.71. The summed E-state index contributed by atoms with van der Waals surface area (Å²) in [4.78, 5) is 0. The summed E-state index contributed by atoms with van der Waals surface area (Å²) in [6.07, 6.45) is 2.20. The van der Waals surface area contributed by atoms with Gasteiger partial charge in [0.15, 0.2) is 11.5 Å². The zero-order valence-electron chi connectivity index (χ0n) is 11.2. The van der Waals surface area contributed by atoms with Gasteiger partial charge in [-0.2, -0.15) is 0 Å². The number of hydrogen-bond acceptors (Lipinski definition) is 3. The van der Waals surface area contributed by atoms with Crippen LogP contribution >= 0.6 is 0 Å². The maximum atomic E-state index is 5.87. The van der Waals surface area contributed by atoms with Crippen LogP contribution in [0.5, 0.6) is 11.5 Å². The molecule has 3 heterocycles. The molecule has 1 N–H and O–H groups in total. The van der Waals surface area contributed by atoms with Crippen LogP contribution in [0.15, 0.2) is 12.1 Å². The molecule has 0 radical (unpaired) electrons. The van der Waals surface area contributed by atoms with Crippen molar-refractivity contribution >= 4 is 10.9 Å². The highest BCUT2D eigenvalue weighted by molar-refractivity contribution is 5.93. The summed E-state index contributed by atoms with van der Waals surface area (Å²) >= 11 is 0. The van der Waals surface area contributed by atoms with E-state index in [1.165, 1.54) is 22.2 Å². The van der Waals surface area contributed by atoms with Crippen LogP contribution in [0, 0.1) is 0 Å². The molecule has 19 heavy (non-hydrogen) atoms. The molecule has 4 heteroatoms. The third-order valence-electron chi connectivity index (χ3n) is 4.24. The quantitative estimate of drug-likeness (QED) is 0.846. The lowest BCUT2D eigenvalue weighted by molar-refractivity contribution is 0.268. The minimum Gasteiger partial charge on any atom is -0.493 e. The van der Waals surface area contributed by atoms with Crippen molar-refractivity contribution in [3.63, 3.8) is 0 Å². The van der Waals surface area contributed by atoms with Crippen LogP contribution in [-0.2, 0) is 19.4 Å². The van der Waals surface area contributed by atoms with Gasteiger partial charge in [-0.1, -0.05) is 0 Å². The number of rotatable bonds is 1. The zero-order chi connectivity index (χ0) is 12.8. The van der Waals surface area contributed by atoms with E-state index >= 15 is 0 Å². The molecule has 2 aliphatic rings. The number of aromatic nitrogens is 1. The first-order valence-electron chi connectivity index (χ1n) is 6.94. The van der Waals surface area contributed by atoms with E-state index in [0.717, 1.165) is 50.6 Å². The minimum absolute atomic E-state index is 0.733. The fourth-order valence-corrected chi connectivity index (χ4v) is 3.41. The minimum atomic E-state index is 0.733. The number of nitrogens with zero attached hydrogens (tertiary/aromatic N) is 1. The van der Waals surface area contributed by atoms with Crippen LogP contribution in [0.4, 0.5) is 0 Å². The Balaban J connectivity index is 2.06. The summed E-state index contributed by atoms with van der Waals surface area (Å²) < 4.78 is 13.7. The number of nitrogens with one attached hydrogen (secondary N) is 1. The number of methoxy groups -OCH3 is 1. The van der Waals surface area contributed by atoms with Crippen molar-refractivity contribution in [2.75, 3.05) is 26.8 Å². The van der Waals surface area contributed by atoms with Crippen molar-refractivity contribution in [2.24, 2.45) is 0 Å². The lowest BCUT2D eigenvalue weighted by Crippen LogP contribution is -2.19. The average molecular weight is 258 g/mol. The van der Waals surface area contributed by atoms with Crippen LogP contribution in [0.1, 0.15) is 11.3 Å². The highest BCUT2D eigenvalue weighted by atomic mass is 16.5. The van der Waals surface area contributed by atoms with Gasteiger partial charge >= 0.3 is 0 Å². The number of hydrogen-bond donors (Lipinski definition) is 1. The fraction of sp³-hybridized carbons (Fsp3) is 0.467. The molecule has 2 aliphatic heterocycles. The van der Waals surface area contributed by atoms with Gasteiger partial charge in [0, 0.05) is 24.0 Å². The maximum Gasteiger partial charge on any atom is 0.185 e. The standard InChI is InChI=1S/C15H18N2O2/c1-18-13-3-2-11-10-4-6-16-7-5-12(10)17-8-9-19-15(13)14(11)17/h2-3,16H,4-9H2,1H3. The summed E-state index contributed by atoms with van der Waals surface area (Å²) in [5.41, 5.74) is 4.21. The molecule has 1 aromatic carbocycles. The highest BCUT2D eigenvalue weighted by Gasteiger charge is 2.25. The van der Waals surface area contributed by atoms with Crippen LogP contribution < -0.4 is 14.8 Å². The van der Waals surface area contributed by atoms with Gasteiger partial charge in [0.2, 0.25) is 0 Å². The Labute approximate surface area is 112 Å². The summed E-state index contributed by atoms with van der Waals surface area (Å²) in [6.45, 7) is 3.81. The molecule has 1 aromatic heterocycles. The van der Waals surface area contributed by atoms with Crippen molar-refractivity contribution in [1.82, 2.24) is 9.88 Å². The molecular weight excluding hydrogens is 240 g/mol. The third-order valence-corrected chi connectivity index (χ3v) is 4.24. The first-order valence-corrected chi connectivity index (χ1v) is 6.94. The Hall–Kier alpha value is -1.68. The Morgan fingerprint density at radius 1 is 1.26 bits per heavy atom. The van der Waals surface area contributed by atoms with E-state index in [4.69, 9.17) is 9.47 Å². The van der Waals surface area contributed by atoms with Gasteiger partial charge in [0.25, 0.3) is 0 Å². The van der Waals surface area contributed by atoms with Crippen molar-refractivity contribution in [1.29, 1.82) is 0 Å². The van der Waals surface area contributed by atoms with E-state index in [1.54, 1.807) is 7.11 Å². The van der Waals surface area contributed by atoms with Crippen LogP contribution in [-0.4, -0.2) is 31.4 Å². The summed E-state index contributed by atoms with van der Waals surface area (Å²) in [5.74, 6) is 1.77. The van der Waals surface area contributed by atoms with Crippen LogP contribution in [0.3, 0.4) is 0 Å². The van der Waals surface area contributed by atoms with E-state index in [2.05, 4.69) is 16.0 Å². The molecule has 0 amide bonds. The molecule has 100 valence electrons. The van der Waals surface area contributed by atoms with Crippen molar-refractivity contribution in [3.05, 3.63) is 23.4 Å². The average Bonchev–Trinajstić information content (AvgIpc) is 2.64. The maximum absolute atomic E-state index is 5.87. The highest BCUT2D eigenvalue weighted by Crippen LogP contribution is 2.42. The number of fused-ring (bicyclic) bond motifs is 3. The van der Waals surface area contributed by atoms with Gasteiger partial charge in [-0.3, -0.25) is 0 Å². The number of ether oxygens (including phenoxy) is 2. The second-order valence-corrected chi connectivity index (χ2v) is 5.17. The van der Waals surface area contributed by atoms with E-state index in [9.17, 15) is 0 Å². The summed E-state index contributed by atoms with van der Waals surface area (Å²) in [5, 5.41) is 4.82. The Morgan fingerprint density at radius 3 is 3.05 bits per heavy atom. The molecule has 0 atom stereocenters. The Morgan fingerprint density at radius 2 is 2.16 bits per heavy atom. The van der Waals surface area contributed by atoms with E-state index in [1.807, 2.05) is 6.07 Å². The molecule has 0 bridgehead atoms.